The molecular formula is C16H14N6O4. The lowest BCUT2D eigenvalue weighted by molar-refractivity contribution is 0.0592. The van der Waals surface area contributed by atoms with E-state index in [1.165, 1.54) is 55.6 Å². The lowest BCUT2D eigenvalue weighted by Gasteiger charge is -2.05. The summed E-state index contributed by atoms with van der Waals surface area (Å²) >= 11 is 0. The SMILES string of the molecule is COC(=O)c1ccnc(-c2nnc(-c3cc(C(=O)OC)ccn3)n2N)c1. The Balaban J connectivity index is 2.02. The zero-order valence-electron chi connectivity index (χ0n) is 13.9. The Kier molecular flexibility index (Phi) is 4.56. The highest BCUT2D eigenvalue weighted by atomic mass is 16.5. The van der Waals surface area contributed by atoms with Crippen LogP contribution >= 0.6 is 0 Å². The smallest absolute Gasteiger partial charge is 0.337 e. The molecule has 0 aliphatic carbocycles. The second-order valence-corrected chi connectivity index (χ2v) is 5.06. The van der Waals surface area contributed by atoms with Gasteiger partial charge in [-0.05, 0) is 24.3 Å². The van der Waals surface area contributed by atoms with Crippen LogP contribution < -0.4 is 5.84 Å². The van der Waals surface area contributed by atoms with Crippen molar-refractivity contribution in [3.63, 3.8) is 0 Å². The second-order valence-electron chi connectivity index (χ2n) is 5.06. The van der Waals surface area contributed by atoms with Crippen molar-refractivity contribution in [2.45, 2.75) is 0 Å². The Morgan fingerprint density at radius 1 is 0.885 bits per heavy atom. The lowest BCUT2D eigenvalue weighted by atomic mass is 10.2. The molecule has 0 amide bonds. The average Bonchev–Trinajstić information content (AvgIpc) is 3.08. The molecule has 132 valence electrons. The summed E-state index contributed by atoms with van der Waals surface area (Å²) in [4.78, 5) is 31.6. The van der Waals surface area contributed by atoms with Crippen LogP contribution in [0.25, 0.3) is 23.0 Å². The first-order valence-corrected chi connectivity index (χ1v) is 7.35. The van der Waals surface area contributed by atoms with Crippen LogP contribution in [0.3, 0.4) is 0 Å². The summed E-state index contributed by atoms with van der Waals surface area (Å²) in [7, 11) is 2.57. The Morgan fingerprint density at radius 3 is 1.69 bits per heavy atom. The summed E-state index contributed by atoms with van der Waals surface area (Å²) in [5.74, 6) is 5.48. The number of pyridine rings is 2. The largest absolute Gasteiger partial charge is 0.465 e. The van der Waals surface area contributed by atoms with Crippen LogP contribution in [0, 0.1) is 0 Å². The first-order chi connectivity index (χ1) is 12.5. The van der Waals surface area contributed by atoms with E-state index in [0.717, 1.165) is 0 Å². The van der Waals surface area contributed by atoms with Crippen molar-refractivity contribution in [2.75, 3.05) is 20.1 Å². The lowest BCUT2D eigenvalue weighted by Crippen LogP contribution is -2.13. The van der Waals surface area contributed by atoms with E-state index >= 15 is 0 Å². The van der Waals surface area contributed by atoms with Gasteiger partial charge in [0, 0.05) is 12.4 Å². The van der Waals surface area contributed by atoms with Crippen molar-refractivity contribution in [3.05, 3.63) is 47.8 Å². The fraction of sp³-hybridized carbons (Fsp3) is 0.125. The number of ether oxygens (including phenoxy) is 2. The van der Waals surface area contributed by atoms with Crippen molar-refractivity contribution in [1.29, 1.82) is 0 Å². The maximum Gasteiger partial charge on any atom is 0.337 e. The van der Waals surface area contributed by atoms with Crippen molar-refractivity contribution < 1.29 is 19.1 Å². The van der Waals surface area contributed by atoms with Crippen LogP contribution in [-0.4, -0.2) is 51.0 Å². The van der Waals surface area contributed by atoms with Gasteiger partial charge in [0.2, 0.25) is 11.6 Å². The Morgan fingerprint density at radius 2 is 1.31 bits per heavy atom. The molecule has 10 nitrogen and oxygen atoms in total. The Labute approximate surface area is 147 Å². The van der Waals surface area contributed by atoms with Gasteiger partial charge in [-0.1, -0.05) is 0 Å². The predicted octanol–water partition coefficient (Wildman–Crippen LogP) is 0.689. The van der Waals surface area contributed by atoms with Crippen molar-refractivity contribution in [2.24, 2.45) is 0 Å². The van der Waals surface area contributed by atoms with E-state index in [2.05, 4.69) is 29.6 Å². The summed E-state index contributed by atoms with van der Waals surface area (Å²) in [6, 6.07) is 5.99. The third kappa shape index (κ3) is 3.07. The van der Waals surface area contributed by atoms with E-state index in [-0.39, 0.29) is 11.6 Å². The molecule has 0 aliphatic heterocycles. The van der Waals surface area contributed by atoms with Gasteiger partial charge in [0.15, 0.2) is 0 Å². The minimum absolute atomic E-state index is 0.219. The highest BCUT2D eigenvalue weighted by Crippen LogP contribution is 2.21. The first-order valence-electron chi connectivity index (χ1n) is 7.35. The molecule has 26 heavy (non-hydrogen) atoms. The third-order valence-corrected chi connectivity index (χ3v) is 3.52. The van der Waals surface area contributed by atoms with Crippen molar-refractivity contribution in [3.8, 4) is 23.0 Å². The first kappa shape index (κ1) is 17.0. The van der Waals surface area contributed by atoms with Crippen molar-refractivity contribution in [1.82, 2.24) is 24.8 Å². The van der Waals surface area contributed by atoms with E-state index in [1.54, 1.807) is 0 Å². The molecule has 10 heteroatoms. The van der Waals surface area contributed by atoms with Crippen LogP contribution in [0.5, 0.6) is 0 Å². The standard InChI is InChI=1S/C16H14N6O4/c1-25-15(23)9-3-5-18-11(7-9)13-20-21-14(22(13)17)12-8-10(4-6-19-12)16(24)26-2/h3-8H,17H2,1-2H3. The molecule has 3 rings (SSSR count). The summed E-state index contributed by atoms with van der Waals surface area (Å²) in [6.45, 7) is 0. The molecule has 3 aromatic heterocycles. The molecule has 2 N–H and O–H groups in total. The molecule has 0 aliphatic rings. The van der Waals surface area contributed by atoms with E-state index in [1.807, 2.05) is 0 Å². The third-order valence-electron chi connectivity index (χ3n) is 3.52. The minimum Gasteiger partial charge on any atom is -0.465 e. The number of nitrogens with two attached hydrogens (primary N) is 1. The van der Waals surface area contributed by atoms with Crippen LogP contribution in [0.15, 0.2) is 36.7 Å². The topological polar surface area (TPSA) is 135 Å². The number of rotatable bonds is 4. The van der Waals surface area contributed by atoms with Gasteiger partial charge in [-0.25, -0.2) is 14.3 Å². The Hall–Kier alpha value is -3.82. The molecular weight excluding hydrogens is 340 g/mol. The summed E-state index contributed by atoms with van der Waals surface area (Å²) < 4.78 is 10.5. The van der Waals surface area contributed by atoms with Gasteiger partial charge >= 0.3 is 11.9 Å². The molecule has 3 heterocycles. The number of methoxy groups -OCH3 is 2. The van der Waals surface area contributed by atoms with E-state index in [4.69, 9.17) is 5.84 Å². The summed E-state index contributed by atoms with van der Waals surface area (Å²) in [6.07, 6.45) is 2.87. The quantitative estimate of drug-likeness (QED) is 0.530. The van der Waals surface area contributed by atoms with Gasteiger partial charge in [-0.15, -0.1) is 10.2 Å². The monoisotopic (exact) mass is 354 g/mol. The number of hydrogen-bond donors (Lipinski definition) is 1. The van der Waals surface area contributed by atoms with Gasteiger partial charge in [0.25, 0.3) is 0 Å². The fourth-order valence-electron chi connectivity index (χ4n) is 2.24. The second kappa shape index (κ2) is 6.97. The summed E-state index contributed by atoms with van der Waals surface area (Å²) in [5, 5.41) is 8.00. The van der Waals surface area contributed by atoms with Crippen molar-refractivity contribution >= 4 is 11.9 Å². The predicted molar refractivity (Wildman–Crippen MR) is 89.3 cm³/mol. The van der Waals surface area contributed by atoms with E-state index < -0.39 is 11.9 Å². The van der Waals surface area contributed by atoms with Gasteiger partial charge < -0.3 is 15.3 Å². The molecule has 0 bridgehead atoms. The molecule has 0 saturated heterocycles. The van der Waals surface area contributed by atoms with Crippen LogP contribution in [0.2, 0.25) is 0 Å². The number of carbonyl (C=O) groups is 2. The van der Waals surface area contributed by atoms with Crippen LogP contribution in [0.4, 0.5) is 0 Å². The molecule has 0 spiro atoms. The number of esters is 2. The molecule has 0 unspecified atom stereocenters. The molecule has 0 atom stereocenters. The number of aromatic nitrogens is 5. The molecule has 0 saturated carbocycles. The number of carbonyl (C=O) groups excluding carboxylic acids is 2. The van der Waals surface area contributed by atoms with Crippen LogP contribution in [0.1, 0.15) is 20.7 Å². The number of nitrogens with zero attached hydrogens (tertiary/aromatic N) is 5. The van der Waals surface area contributed by atoms with E-state index in [9.17, 15) is 9.59 Å². The van der Waals surface area contributed by atoms with Crippen LogP contribution in [-0.2, 0) is 9.47 Å². The molecule has 0 fully saturated rings. The zero-order valence-corrected chi connectivity index (χ0v) is 13.9. The average molecular weight is 354 g/mol. The van der Waals surface area contributed by atoms with Gasteiger partial charge in [0.05, 0.1) is 25.3 Å². The minimum atomic E-state index is -0.510. The normalized spacial score (nSPS) is 10.4. The van der Waals surface area contributed by atoms with Gasteiger partial charge in [-0.2, -0.15) is 0 Å². The maximum atomic E-state index is 11.7. The van der Waals surface area contributed by atoms with E-state index in [0.29, 0.717) is 22.5 Å². The fourth-order valence-corrected chi connectivity index (χ4v) is 2.24. The highest BCUT2D eigenvalue weighted by molar-refractivity contribution is 5.91. The van der Waals surface area contributed by atoms with Gasteiger partial charge in [0.1, 0.15) is 11.4 Å². The maximum absolute atomic E-state index is 11.7. The number of nitrogen functional groups attached to an aromatic ring is 1. The number of hydrogen-bond acceptors (Lipinski definition) is 9. The van der Waals surface area contributed by atoms with Gasteiger partial charge in [-0.3, -0.25) is 9.97 Å². The highest BCUT2D eigenvalue weighted by Gasteiger charge is 2.18. The Bertz CT molecular complexity index is 907. The summed E-state index contributed by atoms with van der Waals surface area (Å²) in [5.41, 5.74) is 1.26. The molecule has 0 aromatic carbocycles. The molecule has 0 radical (unpaired) electrons. The molecule has 3 aromatic rings. The zero-order chi connectivity index (χ0) is 18.7.